The van der Waals surface area contributed by atoms with Crippen LogP contribution < -0.4 is 19.1 Å². The summed E-state index contributed by atoms with van der Waals surface area (Å²) in [5.41, 5.74) is 3.21. The molecular weight excluding hydrogens is 695 g/mol. The van der Waals surface area contributed by atoms with Gasteiger partial charge in [-0.2, -0.15) is 0 Å². The Morgan fingerprint density at radius 3 is 2.31 bits per heavy atom. The number of hydrogen-bond acceptors (Lipinski definition) is 8. The molecule has 2 saturated heterocycles. The SMILES string of the molecule is CCOc1cc([C@H]2C3=CC[C@@H]4C(=O)N(c5ccc(C=Cc6cc(OC)ccc6OC)cc5)C(=O)[C@@H]4[C@@H]3C[C@@]3(Cl)C(=O)N(C)C(=O)[C@@]23Cl)ccc1O. The number of methoxy groups -OCH3 is 2. The number of benzene rings is 3. The van der Waals surface area contributed by atoms with Crippen LogP contribution in [-0.2, 0) is 19.2 Å². The lowest BCUT2D eigenvalue weighted by Crippen LogP contribution is -2.60. The Morgan fingerprint density at radius 2 is 1.63 bits per heavy atom. The lowest BCUT2D eigenvalue weighted by molar-refractivity contribution is -0.138. The molecule has 51 heavy (non-hydrogen) atoms. The average Bonchev–Trinajstić information content (AvgIpc) is 3.46. The van der Waals surface area contributed by atoms with Crippen LogP contribution in [0.3, 0.4) is 0 Å². The van der Waals surface area contributed by atoms with Gasteiger partial charge in [-0.15, -0.1) is 23.2 Å². The van der Waals surface area contributed by atoms with E-state index in [4.69, 9.17) is 37.4 Å². The lowest BCUT2D eigenvalue weighted by Gasteiger charge is -2.50. The highest BCUT2D eigenvalue weighted by Crippen LogP contribution is 2.65. The number of likely N-dealkylation sites (tertiary alicyclic amines) is 1. The van der Waals surface area contributed by atoms with Crippen LogP contribution in [0.5, 0.6) is 23.0 Å². The number of carbonyl (C=O) groups excluding carboxylic acids is 4. The van der Waals surface area contributed by atoms with Crippen molar-refractivity contribution in [3.8, 4) is 23.0 Å². The third-order valence-electron chi connectivity index (χ3n) is 10.7. The Kier molecular flexibility index (Phi) is 8.66. The Bertz CT molecular complexity index is 2030. The van der Waals surface area contributed by atoms with Crippen molar-refractivity contribution in [2.75, 3.05) is 32.8 Å². The molecule has 4 amide bonds. The molecule has 7 rings (SSSR count). The van der Waals surface area contributed by atoms with E-state index < -0.39 is 51.1 Å². The topological polar surface area (TPSA) is 123 Å². The first-order valence-electron chi connectivity index (χ1n) is 16.6. The van der Waals surface area contributed by atoms with Crippen molar-refractivity contribution in [2.24, 2.45) is 17.8 Å². The minimum Gasteiger partial charge on any atom is -0.504 e. The number of amides is 4. The van der Waals surface area contributed by atoms with Crippen molar-refractivity contribution < 1.29 is 38.5 Å². The maximum Gasteiger partial charge on any atom is 0.253 e. The van der Waals surface area contributed by atoms with Crippen molar-refractivity contribution >= 4 is 64.7 Å². The van der Waals surface area contributed by atoms with Gasteiger partial charge in [0.15, 0.2) is 21.2 Å². The minimum absolute atomic E-state index is 0.105. The molecule has 4 aliphatic rings. The smallest absolute Gasteiger partial charge is 0.253 e. The molecule has 0 bridgehead atoms. The molecule has 0 spiro atoms. The first kappa shape index (κ1) is 34.6. The van der Waals surface area contributed by atoms with Crippen molar-refractivity contribution in [1.82, 2.24) is 4.90 Å². The van der Waals surface area contributed by atoms with Crippen LogP contribution in [-0.4, -0.2) is 71.3 Å². The fourth-order valence-electron chi connectivity index (χ4n) is 8.24. The molecule has 264 valence electrons. The summed E-state index contributed by atoms with van der Waals surface area (Å²) in [7, 11) is 4.53. The third-order valence-corrected chi connectivity index (χ3v) is 12.1. The van der Waals surface area contributed by atoms with Gasteiger partial charge in [-0.25, -0.2) is 0 Å². The predicted molar refractivity (Wildman–Crippen MR) is 192 cm³/mol. The van der Waals surface area contributed by atoms with Crippen LogP contribution in [0.2, 0.25) is 0 Å². The van der Waals surface area contributed by atoms with Gasteiger partial charge >= 0.3 is 0 Å². The highest BCUT2D eigenvalue weighted by atomic mass is 35.5. The first-order chi connectivity index (χ1) is 24.4. The normalized spacial score (nSPS) is 28.5. The number of carbonyl (C=O) groups is 4. The number of hydrogen-bond donors (Lipinski definition) is 1. The second kappa shape index (κ2) is 12.8. The standard InChI is InChI=1S/C39H36Cl2N2O8/c1-5-51-31-19-23(10-16-29(31)44)33-26-14-15-27-32(28(26)20-38(40)36(47)42(2)37(48)39(33,38)41)35(46)43(34(27)45)24-11-7-21(8-12-24)6-9-22-18-25(49-3)13-17-30(22)50-4/h6-14,16-19,27-28,32-33,44H,5,15,20H2,1-4H3/t27-,28+,32-,33-,38+,39-/m0/s1. The van der Waals surface area contributed by atoms with E-state index in [1.807, 2.05) is 48.6 Å². The summed E-state index contributed by atoms with van der Waals surface area (Å²) in [5.74, 6) is -3.80. The fourth-order valence-corrected chi connectivity index (χ4v) is 9.26. The molecule has 0 unspecified atom stereocenters. The number of imide groups is 2. The quantitative estimate of drug-likeness (QED) is 0.126. The number of aromatic hydroxyl groups is 1. The van der Waals surface area contributed by atoms with Crippen LogP contribution in [0.25, 0.3) is 12.2 Å². The fraction of sp³-hybridized carbons (Fsp3) is 0.333. The number of phenols is 1. The zero-order valence-corrected chi connectivity index (χ0v) is 29.9. The summed E-state index contributed by atoms with van der Waals surface area (Å²) in [6.07, 6.45) is 5.77. The number of allylic oxidation sites excluding steroid dienone is 2. The van der Waals surface area contributed by atoms with Crippen molar-refractivity contribution in [3.63, 3.8) is 0 Å². The van der Waals surface area contributed by atoms with Gasteiger partial charge in [-0.05, 0) is 79.3 Å². The molecule has 1 N–H and O–H groups in total. The maximum atomic E-state index is 14.4. The molecule has 1 saturated carbocycles. The summed E-state index contributed by atoms with van der Waals surface area (Å²) >= 11 is 14.5. The van der Waals surface area contributed by atoms with Crippen molar-refractivity contribution in [3.05, 3.63) is 89.0 Å². The van der Waals surface area contributed by atoms with Crippen LogP contribution in [0.1, 0.15) is 42.4 Å². The molecule has 0 aromatic heterocycles. The van der Waals surface area contributed by atoms with Crippen molar-refractivity contribution in [2.45, 2.75) is 35.4 Å². The van der Waals surface area contributed by atoms with Crippen LogP contribution in [0.15, 0.2) is 72.3 Å². The Hall–Kier alpha value is -4.80. The number of ether oxygens (including phenoxy) is 3. The van der Waals surface area contributed by atoms with Gasteiger partial charge in [0.05, 0.1) is 38.3 Å². The second-order valence-electron chi connectivity index (χ2n) is 13.2. The summed E-state index contributed by atoms with van der Waals surface area (Å²) in [4.78, 5) is 54.3. The number of fused-ring (bicyclic) bond motifs is 4. The molecule has 3 fully saturated rings. The zero-order chi connectivity index (χ0) is 36.4. The molecule has 6 atom stereocenters. The number of phenolic OH excluding ortho intramolecular Hbond substituents is 1. The van der Waals surface area contributed by atoms with Crippen molar-refractivity contribution in [1.29, 1.82) is 0 Å². The highest BCUT2D eigenvalue weighted by Gasteiger charge is 2.76. The number of halogens is 2. The monoisotopic (exact) mass is 730 g/mol. The number of anilines is 1. The van der Waals surface area contributed by atoms with Gasteiger partial charge in [0, 0.05) is 18.5 Å². The van der Waals surface area contributed by atoms with Gasteiger partial charge in [0.1, 0.15) is 11.5 Å². The molecule has 2 aliphatic carbocycles. The zero-order valence-electron chi connectivity index (χ0n) is 28.4. The van der Waals surface area contributed by atoms with Crippen LogP contribution in [0.4, 0.5) is 5.69 Å². The Balaban J connectivity index is 1.23. The van der Waals surface area contributed by atoms with Gasteiger partial charge < -0.3 is 19.3 Å². The molecule has 3 aromatic carbocycles. The Labute approximate surface area is 305 Å². The highest BCUT2D eigenvalue weighted by molar-refractivity contribution is 6.53. The summed E-state index contributed by atoms with van der Waals surface area (Å²) in [6, 6.07) is 17.2. The van der Waals surface area contributed by atoms with E-state index in [1.54, 1.807) is 45.4 Å². The van der Waals surface area contributed by atoms with E-state index in [9.17, 15) is 24.3 Å². The predicted octanol–water partition coefficient (Wildman–Crippen LogP) is 6.17. The van der Waals surface area contributed by atoms with Gasteiger partial charge in [-0.1, -0.05) is 42.0 Å². The Morgan fingerprint density at radius 1 is 0.882 bits per heavy atom. The van der Waals surface area contributed by atoms with E-state index in [-0.39, 0.29) is 36.9 Å². The van der Waals surface area contributed by atoms with E-state index in [0.29, 0.717) is 28.3 Å². The van der Waals surface area contributed by atoms with Crippen LogP contribution in [0, 0.1) is 17.8 Å². The van der Waals surface area contributed by atoms with E-state index >= 15 is 0 Å². The average molecular weight is 732 g/mol. The molecule has 3 aromatic rings. The van der Waals surface area contributed by atoms with E-state index in [2.05, 4.69) is 0 Å². The van der Waals surface area contributed by atoms with Gasteiger partial charge in [0.25, 0.3) is 11.8 Å². The molecule has 2 heterocycles. The minimum atomic E-state index is -1.93. The number of alkyl halides is 2. The lowest BCUT2D eigenvalue weighted by atomic mass is 9.56. The summed E-state index contributed by atoms with van der Waals surface area (Å²) in [6.45, 7) is 2.04. The molecule has 12 heteroatoms. The molecule has 10 nitrogen and oxygen atoms in total. The summed E-state index contributed by atoms with van der Waals surface area (Å²) in [5, 5.41) is 10.5. The van der Waals surface area contributed by atoms with E-state index in [0.717, 1.165) is 16.0 Å². The maximum absolute atomic E-state index is 14.4. The summed E-state index contributed by atoms with van der Waals surface area (Å²) < 4.78 is 16.5. The molecular formula is C39H36Cl2N2O8. The second-order valence-corrected chi connectivity index (χ2v) is 14.4. The van der Waals surface area contributed by atoms with Gasteiger partial charge in [-0.3, -0.25) is 29.0 Å². The first-order valence-corrected chi connectivity index (χ1v) is 17.4. The van der Waals surface area contributed by atoms with Crippen LogP contribution >= 0.6 is 23.2 Å². The van der Waals surface area contributed by atoms with Gasteiger partial charge in [0.2, 0.25) is 11.8 Å². The number of nitrogens with zero attached hydrogens (tertiary/aromatic N) is 2. The van der Waals surface area contributed by atoms with E-state index in [1.165, 1.54) is 18.0 Å². The molecule has 2 aliphatic heterocycles. The molecule has 0 radical (unpaired) electrons. The number of rotatable bonds is 8. The third kappa shape index (κ3) is 5.13. The largest absolute Gasteiger partial charge is 0.504 e.